The molecule has 0 bridgehead atoms. The fourth-order valence-electron chi connectivity index (χ4n) is 1.05. The summed E-state index contributed by atoms with van der Waals surface area (Å²) >= 11 is 4.70. The van der Waals surface area contributed by atoms with Crippen LogP contribution in [0.4, 0.5) is 11.4 Å². The van der Waals surface area contributed by atoms with Gasteiger partial charge >= 0.3 is 0 Å². The SMILES string of the molecule is Nc1ccc(NC(=O)CSCCO)c(Br)c1. The second-order valence-electron chi connectivity index (χ2n) is 3.06. The first-order valence-electron chi connectivity index (χ1n) is 4.67. The molecule has 1 aromatic carbocycles. The first-order valence-corrected chi connectivity index (χ1v) is 6.61. The Morgan fingerprint density at radius 2 is 2.31 bits per heavy atom. The Morgan fingerprint density at radius 3 is 2.94 bits per heavy atom. The smallest absolute Gasteiger partial charge is 0.234 e. The maximum Gasteiger partial charge on any atom is 0.234 e. The molecule has 0 radical (unpaired) electrons. The average Bonchev–Trinajstić information content (AvgIpc) is 2.23. The van der Waals surface area contributed by atoms with Crippen molar-refractivity contribution in [2.24, 2.45) is 0 Å². The molecule has 0 aliphatic rings. The number of hydrogen-bond donors (Lipinski definition) is 3. The van der Waals surface area contributed by atoms with Crippen LogP contribution in [0.3, 0.4) is 0 Å². The number of hydrogen-bond acceptors (Lipinski definition) is 4. The van der Waals surface area contributed by atoms with Crippen molar-refractivity contribution in [1.29, 1.82) is 0 Å². The van der Waals surface area contributed by atoms with E-state index in [-0.39, 0.29) is 12.5 Å². The molecule has 16 heavy (non-hydrogen) atoms. The maximum absolute atomic E-state index is 11.5. The Morgan fingerprint density at radius 1 is 1.56 bits per heavy atom. The zero-order valence-corrected chi connectivity index (χ0v) is 11.0. The van der Waals surface area contributed by atoms with Gasteiger partial charge in [0.1, 0.15) is 0 Å². The van der Waals surface area contributed by atoms with Crippen molar-refractivity contribution in [2.75, 3.05) is 29.2 Å². The zero-order chi connectivity index (χ0) is 12.0. The van der Waals surface area contributed by atoms with E-state index in [2.05, 4.69) is 21.2 Å². The molecule has 0 spiro atoms. The van der Waals surface area contributed by atoms with Crippen LogP contribution in [0.5, 0.6) is 0 Å². The second-order valence-corrected chi connectivity index (χ2v) is 5.02. The molecule has 88 valence electrons. The standard InChI is InChI=1S/C10H13BrN2O2S/c11-8-5-7(12)1-2-9(8)13-10(15)6-16-4-3-14/h1-2,5,14H,3-4,6,12H2,(H,13,15). The number of aliphatic hydroxyl groups is 1. The molecule has 0 heterocycles. The number of benzene rings is 1. The van der Waals surface area contributed by atoms with E-state index >= 15 is 0 Å². The predicted octanol–water partition coefficient (Wildman–Crippen LogP) is 1.70. The van der Waals surface area contributed by atoms with Crippen LogP contribution in [0, 0.1) is 0 Å². The average molecular weight is 305 g/mol. The van der Waals surface area contributed by atoms with Crippen LogP contribution in [0.1, 0.15) is 0 Å². The molecule has 4 nitrogen and oxygen atoms in total. The summed E-state index contributed by atoms with van der Waals surface area (Å²) in [4.78, 5) is 11.5. The number of nitrogen functional groups attached to an aromatic ring is 1. The summed E-state index contributed by atoms with van der Waals surface area (Å²) in [5.41, 5.74) is 6.92. The number of amides is 1. The minimum atomic E-state index is -0.0936. The summed E-state index contributed by atoms with van der Waals surface area (Å²) in [6.45, 7) is 0.0868. The van der Waals surface area contributed by atoms with Crippen molar-refractivity contribution in [2.45, 2.75) is 0 Å². The molecule has 0 atom stereocenters. The third kappa shape index (κ3) is 4.42. The lowest BCUT2D eigenvalue weighted by Crippen LogP contribution is -2.15. The molecule has 0 saturated carbocycles. The molecule has 1 amide bonds. The number of halogens is 1. The van der Waals surface area contributed by atoms with Crippen molar-refractivity contribution in [3.8, 4) is 0 Å². The molecule has 0 unspecified atom stereocenters. The molecule has 1 aromatic rings. The van der Waals surface area contributed by atoms with Gasteiger partial charge in [-0.15, -0.1) is 11.8 Å². The maximum atomic E-state index is 11.5. The Labute approximate surface area is 107 Å². The topological polar surface area (TPSA) is 75.3 Å². The van der Waals surface area contributed by atoms with E-state index in [0.717, 1.165) is 4.47 Å². The fourth-order valence-corrected chi connectivity index (χ4v) is 2.08. The third-order valence-corrected chi connectivity index (χ3v) is 3.33. The minimum absolute atomic E-state index is 0.0868. The number of aliphatic hydroxyl groups excluding tert-OH is 1. The first kappa shape index (κ1) is 13.3. The van der Waals surface area contributed by atoms with Gasteiger partial charge in [0.25, 0.3) is 0 Å². The van der Waals surface area contributed by atoms with Crippen LogP contribution in [-0.4, -0.2) is 29.1 Å². The third-order valence-electron chi connectivity index (χ3n) is 1.74. The summed E-state index contributed by atoms with van der Waals surface area (Å²) in [6, 6.07) is 5.20. The number of nitrogens with one attached hydrogen (secondary N) is 1. The summed E-state index contributed by atoms with van der Waals surface area (Å²) in [5.74, 6) is 0.803. The molecule has 0 fully saturated rings. The van der Waals surface area contributed by atoms with Gasteiger partial charge in [0.15, 0.2) is 0 Å². The van der Waals surface area contributed by atoms with Crippen molar-refractivity contribution < 1.29 is 9.90 Å². The molecule has 6 heteroatoms. The molecule has 0 aromatic heterocycles. The number of nitrogens with two attached hydrogens (primary N) is 1. The van der Waals surface area contributed by atoms with E-state index in [9.17, 15) is 4.79 Å². The van der Waals surface area contributed by atoms with Gasteiger partial charge in [-0.2, -0.15) is 0 Å². The normalized spacial score (nSPS) is 10.1. The van der Waals surface area contributed by atoms with Gasteiger partial charge < -0.3 is 16.2 Å². The lowest BCUT2D eigenvalue weighted by Gasteiger charge is -2.07. The summed E-state index contributed by atoms with van der Waals surface area (Å²) in [6.07, 6.45) is 0. The molecular weight excluding hydrogens is 292 g/mol. The number of anilines is 2. The molecule has 0 aliphatic carbocycles. The summed E-state index contributed by atoms with van der Waals surface area (Å²) in [5, 5.41) is 11.3. The second kappa shape index (κ2) is 6.78. The van der Waals surface area contributed by atoms with Crippen LogP contribution in [0.2, 0.25) is 0 Å². The highest BCUT2D eigenvalue weighted by molar-refractivity contribution is 9.10. The first-order chi connectivity index (χ1) is 7.63. The highest BCUT2D eigenvalue weighted by Crippen LogP contribution is 2.24. The van der Waals surface area contributed by atoms with Crippen molar-refractivity contribution in [3.05, 3.63) is 22.7 Å². The molecular formula is C10H13BrN2O2S. The van der Waals surface area contributed by atoms with Crippen LogP contribution in [0.15, 0.2) is 22.7 Å². The van der Waals surface area contributed by atoms with E-state index in [4.69, 9.17) is 10.8 Å². The fraction of sp³-hybridized carbons (Fsp3) is 0.300. The monoisotopic (exact) mass is 304 g/mol. The van der Waals surface area contributed by atoms with Gasteiger partial charge in [0.2, 0.25) is 5.91 Å². The Balaban J connectivity index is 2.49. The largest absolute Gasteiger partial charge is 0.399 e. The van der Waals surface area contributed by atoms with Gasteiger partial charge in [-0.25, -0.2) is 0 Å². The lowest BCUT2D eigenvalue weighted by atomic mass is 10.3. The quantitative estimate of drug-likeness (QED) is 0.572. The van der Waals surface area contributed by atoms with Gasteiger partial charge in [-0.3, -0.25) is 4.79 Å². The van der Waals surface area contributed by atoms with E-state index in [1.165, 1.54) is 11.8 Å². The van der Waals surface area contributed by atoms with E-state index in [1.807, 2.05) is 0 Å². The molecule has 4 N–H and O–H groups in total. The number of thioether (sulfide) groups is 1. The van der Waals surface area contributed by atoms with Crippen LogP contribution in [-0.2, 0) is 4.79 Å². The van der Waals surface area contributed by atoms with Crippen molar-refractivity contribution in [3.63, 3.8) is 0 Å². The lowest BCUT2D eigenvalue weighted by molar-refractivity contribution is -0.113. The van der Waals surface area contributed by atoms with Crippen LogP contribution in [0.25, 0.3) is 0 Å². The summed E-state index contributed by atoms with van der Waals surface area (Å²) in [7, 11) is 0. The number of carbonyl (C=O) groups is 1. The minimum Gasteiger partial charge on any atom is -0.399 e. The Kier molecular flexibility index (Phi) is 5.65. The molecule has 1 rings (SSSR count). The van der Waals surface area contributed by atoms with Gasteiger partial charge in [0, 0.05) is 15.9 Å². The van der Waals surface area contributed by atoms with E-state index < -0.39 is 0 Å². The highest BCUT2D eigenvalue weighted by Gasteiger charge is 2.05. The predicted molar refractivity (Wildman–Crippen MR) is 71.6 cm³/mol. The van der Waals surface area contributed by atoms with Crippen LogP contribution < -0.4 is 11.1 Å². The van der Waals surface area contributed by atoms with Gasteiger partial charge in [-0.1, -0.05) is 0 Å². The van der Waals surface area contributed by atoms with Gasteiger partial charge in [0.05, 0.1) is 18.0 Å². The zero-order valence-electron chi connectivity index (χ0n) is 8.57. The van der Waals surface area contributed by atoms with E-state index in [0.29, 0.717) is 22.9 Å². The summed E-state index contributed by atoms with van der Waals surface area (Å²) < 4.78 is 0.757. The van der Waals surface area contributed by atoms with Crippen molar-refractivity contribution in [1.82, 2.24) is 0 Å². The Hall–Kier alpha value is -0.720. The van der Waals surface area contributed by atoms with Gasteiger partial charge in [-0.05, 0) is 34.1 Å². The molecule has 0 saturated heterocycles. The Bertz CT molecular complexity index is 374. The number of rotatable bonds is 5. The number of carbonyl (C=O) groups excluding carboxylic acids is 1. The van der Waals surface area contributed by atoms with Crippen LogP contribution >= 0.6 is 27.7 Å². The molecule has 0 aliphatic heterocycles. The van der Waals surface area contributed by atoms with Crippen molar-refractivity contribution >= 4 is 45.0 Å². The highest BCUT2D eigenvalue weighted by atomic mass is 79.9. The van der Waals surface area contributed by atoms with E-state index in [1.54, 1.807) is 18.2 Å².